The highest BCUT2D eigenvalue weighted by Crippen LogP contribution is 2.17. The topological polar surface area (TPSA) is 12.0 Å². The highest BCUT2D eigenvalue weighted by molar-refractivity contribution is 5.02. The van der Waals surface area contributed by atoms with Gasteiger partial charge in [-0.05, 0) is 44.7 Å². The maximum absolute atomic E-state index is 3.39. The van der Waals surface area contributed by atoms with E-state index in [1.807, 2.05) is 0 Å². The SMILES string of the molecule is CCC/C=C(/CCCNCC)CC(C)C. The fraction of sp³-hybridized carbons (Fsp3) is 0.857. The normalized spacial score (nSPS) is 12.5. The number of nitrogens with one attached hydrogen (secondary N) is 1. The van der Waals surface area contributed by atoms with Gasteiger partial charge in [-0.2, -0.15) is 0 Å². The molecule has 0 fully saturated rings. The zero-order valence-corrected chi connectivity index (χ0v) is 11.1. The summed E-state index contributed by atoms with van der Waals surface area (Å²) in [6, 6.07) is 0. The molecule has 0 aromatic heterocycles. The summed E-state index contributed by atoms with van der Waals surface area (Å²) in [5.41, 5.74) is 1.67. The molecule has 15 heavy (non-hydrogen) atoms. The Bertz CT molecular complexity index is 159. The van der Waals surface area contributed by atoms with Crippen molar-refractivity contribution in [3.63, 3.8) is 0 Å². The summed E-state index contributed by atoms with van der Waals surface area (Å²) in [5.74, 6) is 0.798. The van der Waals surface area contributed by atoms with Gasteiger partial charge in [0.05, 0.1) is 0 Å². The Balaban J connectivity index is 3.79. The van der Waals surface area contributed by atoms with Crippen LogP contribution in [0.15, 0.2) is 11.6 Å². The van der Waals surface area contributed by atoms with Crippen molar-refractivity contribution in [2.75, 3.05) is 13.1 Å². The Morgan fingerprint density at radius 2 is 2.00 bits per heavy atom. The Kier molecular flexibility index (Phi) is 10.0. The summed E-state index contributed by atoms with van der Waals surface area (Å²) in [4.78, 5) is 0. The Morgan fingerprint density at radius 3 is 2.53 bits per heavy atom. The molecule has 1 N–H and O–H groups in total. The first-order valence-electron chi connectivity index (χ1n) is 6.59. The molecule has 0 spiro atoms. The van der Waals surface area contributed by atoms with Crippen molar-refractivity contribution in [2.45, 2.75) is 59.8 Å². The average Bonchev–Trinajstić information content (AvgIpc) is 2.19. The van der Waals surface area contributed by atoms with Crippen molar-refractivity contribution < 1.29 is 0 Å². The highest BCUT2D eigenvalue weighted by Gasteiger charge is 2.00. The lowest BCUT2D eigenvalue weighted by Crippen LogP contribution is -2.14. The van der Waals surface area contributed by atoms with E-state index in [0.29, 0.717) is 0 Å². The van der Waals surface area contributed by atoms with Crippen LogP contribution in [-0.4, -0.2) is 13.1 Å². The predicted molar refractivity (Wildman–Crippen MR) is 70.2 cm³/mol. The molecule has 0 bridgehead atoms. The summed E-state index contributed by atoms with van der Waals surface area (Å²) in [6.07, 6.45) is 8.84. The summed E-state index contributed by atoms with van der Waals surface area (Å²) < 4.78 is 0. The molecule has 0 atom stereocenters. The first-order valence-corrected chi connectivity index (χ1v) is 6.59. The van der Waals surface area contributed by atoms with Gasteiger partial charge in [-0.3, -0.25) is 0 Å². The van der Waals surface area contributed by atoms with Gasteiger partial charge >= 0.3 is 0 Å². The maximum atomic E-state index is 3.39. The lowest BCUT2D eigenvalue weighted by atomic mass is 9.98. The van der Waals surface area contributed by atoms with Gasteiger partial charge in [0.25, 0.3) is 0 Å². The van der Waals surface area contributed by atoms with Crippen molar-refractivity contribution in [1.29, 1.82) is 0 Å². The molecule has 0 unspecified atom stereocenters. The first kappa shape index (κ1) is 14.7. The molecule has 0 radical (unpaired) electrons. The van der Waals surface area contributed by atoms with E-state index >= 15 is 0 Å². The monoisotopic (exact) mass is 211 g/mol. The van der Waals surface area contributed by atoms with Crippen LogP contribution in [0, 0.1) is 5.92 Å². The van der Waals surface area contributed by atoms with E-state index in [1.54, 1.807) is 5.57 Å². The second-order valence-electron chi connectivity index (χ2n) is 4.71. The van der Waals surface area contributed by atoms with Crippen molar-refractivity contribution >= 4 is 0 Å². The van der Waals surface area contributed by atoms with Gasteiger partial charge in [-0.25, -0.2) is 0 Å². The second-order valence-corrected chi connectivity index (χ2v) is 4.71. The maximum Gasteiger partial charge on any atom is -0.00460 e. The molecule has 0 aliphatic carbocycles. The average molecular weight is 211 g/mol. The molecule has 0 aromatic carbocycles. The quantitative estimate of drug-likeness (QED) is 0.446. The number of hydrogen-bond donors (Lipinski definition) is 1. The molecule has 0 aliphatic heterocycles. The molecule has 1 heteroatoms. The van der Waals surface area contributed by atoms with Crippen LogP contribution < -0.4 is 5.32 Å². The van der Waals surface area contributed by atoms with Crippen LogP contribution in [0.4, 0.5) is 0 Å². The van der Waals surface area contributed by atoms with Crippen LogP contribution in [0.3, 0.4) is 0 Å². The molecule has 0 aromatic rings. The first-order chi connectivity index (χ1) is 7.20. The lowest BCUT2D eigenvalue weighted by Gasteiger charge is -2.10. The van der Waals surface area contributed by atoms with Crippen LogP contribution in [-0.2, 0) is 0 Å². The number of hydrogen-bond acceptors (Lipinski definition) is 1. The summed E-state index contributed by atoms with van der Waals surface area (Å²) in [6.45, 7) is 11.3. The Hall–Kier alpha value is -0.300. The van der Waals surface area contributed by atoms with Gasteiger partial charge in [0.1, 0.15) is 0 Å². The lowest BCUT2D eigenvalue weighted by molar-refractivity contribution is 0.599. The summed E-state index contributed by atoms with van der Waals surface area (Å²) in [5, 5.41) is 3.39. The summed E-state index contributed by atoms with van der Waals surface area (Å²) in [7, 11) is 0. The third-order valence-corrected chi connectivity index (χ3v) is 2.49. The van der Waals surface area contributed by atoms with Gasteiger partial charge in [0.2, 0.25) is 0 Å². The van der Waals surface area contributed by atoms with Gasteiger partial charge < -0.3 is 5.32 Å². The van der Waals surface area contributed by atoms with Crippen molar-refractivity contribution in [3.05, 3.63) is 11.6 Å². The molecule has 0 amide bonds. The molecule has 0 saturated carbocycles. The minimum absolute atomic E-state index is 0.798. The van der Waals surface area contributed by atoms with Crippen molar-refractivity contribution in [2.24, 2.45) is 5.92 Å². The van der Waals surface area contributed by atoms with Gasteiger partial charge in [-0.15, -0.1) is 0 Å². The van der Waals surface area contributed by atoms with Crippen molar-refractivity contribution in [1.82, 2.24) is 5.32 Å². The molecule has 90 valence electrons. The third kappa shape index (κ3) is 9.99. The fourth-order valence-electron chi connectivity index (χ4n) is 1.78. The van der Waals surface area contributed by atoms with E-state index < -0.39 is 0 Å². The van der Waals surface area contributed by atoms with E-state index in [9.17, 15) is 0 Å². The minimum Gasteiger partial charge on any atom is -0.317 e. The third-order valence-electron chi connectivity index (χ3n) is 2.49. The van der Waals surface area contributed by atoms with Gasteiger partial charge in [0.15, 0.2) is 0 Å². The van der Waals surface area contributed by atoms with Crippen LogP contribution in [0.2, 0.25) is 0 Å². The van der Waals surface area contributed by atoms with Crippen LogP contribution in [0.25, 0.3) is 0 Å². The van der Waals surface area contributed by atoms with Gasteiger partial charge in [0, 0.05) is 0 Å². The Morgan fingerprint density at radius 1 is 1.27 bits per heavy atom. The van der Waals surface area contributed by atoms with Crippen LogP contribution in [0.1, 0.15) is 59.8 Å². The van der Waals surface area contributed by atoms with E-state index in [4.69, 9.17) is 0 Å². The Labute approximate surface area is 96.3 Å². The van der Waals surface area contributed by atoms with Gasteiger partial charge in [-0.1, -0.05) is 45.8 Å². The largest absolute Gasteiger partial charge is 0.317 e. The molecule has 0 aliphatic rings. The summed E-state index contributed by atoms with van der Waals surface area (Å²) >= 11 is 0. The minimum atomic E-state index is 0.798. The van der Waals surface area contributed by atoms with E-state index in [-0.39, 0.29) is 0 Å². The highest BCUT2D eigenvalue weighted by atomic mass is 14.8. The molecule has 0 rings (SSSR count). The molecule has 0 saturated heterocycles. The van der Waals surface area contributed by atoms with E-state index in [1.165, 1.54) is 32.1 Å². The van der Waals surface area contributed by atoms with Crippen LogP contribution in [0.5, 0.6) is 0 Å². The molecule has 1 nitrogen and oxygen atoms in total. The zero-order chi connectivity index (χ0) is 11.5. The van der Waals surface area contributed by atoms with E-state index in [0.717, 1.165) is 19.0 Å². The second kappa shape index (κ2) is 10.2. The number of rotatable bonds is 9. The van der Waals surface area contributed by atoms with Crippen molar-refractivity contribution in [3.8, 4) is 0 Å². The molecular weight excluding hydrogens is 182 g/mol. The smallest absolute Gasteiger partial charge is 0.00460 e. The fourth-order valence-corrected chi connectivity index (χ4v) is 1.78. The predicted octanol–water partition coefficient (Wildman–Crippen LogP) is 4.15. The number of unbranched alkanes of at least 4 members (excludes halogenated alkanes) is 1. The standard InChI is InChI=1S/C14H29N/c1-5-7-9-14(12-13(3)4)10-8-11-15-6-2/h9,13,15H,5-8,10-12H2,1-4H3/b14-9-. The van der Waals surface area contributed by atoms with Crippen LogP contribution >= 0.6 is 0 Å². The molecular formula is C14H29N. The zero-order valence-electron chi connectivity index (χ0n) is 11.1. The number of allylic oxidation sites excluding steroid dienone is 2. The molecule has 0 heterocycles. The van der Waals surface area contributed by atoms with E-state index in [2.05, 4.69) is 39.1 Å².